The highest BCUT2D eigenvalue weighted by molar-refractivity contribution is 5.38. The van der Waals surface area contributed by atoms with Gasteiger partial charge in [0.1, 0.15) is 5.75 Å². The highest BCUT2D eigenvalue weighted by Crippen LogP contribution is 2.47. The summed E-state index contributed by atoms with van der Waals surface area (Å²) >= 11 is 0. The second-order valence-corrected chi connectivity index (χ2v) is 5.69. The largest absolute Gasteiger partial charge is 0.493 e. The average Bonchev–Trinajstić information content (AvgIpc) is 2.45. The van der Waals surface area contributed by atoms with Crippen molar-refractivity contribution in [2.24, 2.45) is 5.92 Å². The number of para-hydroxylation sites is 1. The summed E-state index contributed by atoms with van der Waals surface area (Å²) in [6, 6.07) is 7.10. The molecule has 21 heavy (non-hydrogen) atoms. The van der Waals surface area contributed by atoms with Crippen molar-refractivity contribution in [3.63, 3.8) is 0 Å². The molecule has 1 aromatic carbocycles. The first-order chi connectivity index (χ1) is 9.87. The quantitative estimate of drug-likeness (QED) is 0.892. The maximum Gasteiger partial charge on any atom is 0.391 e. The van der Waals surface area contributed by atoms with Gasteiger partial charge in [-0.3, -0.25) is 0 Å². The average molecular weight is 302 g/mol. The minimum Gasteiger partial charge on any atom is -0.493 e. The van der Waals surface area contributed by atoms with E-state index in [1.165, 1.54) is 0 Å². The van der Waals surface area contributed by atoms with Crippen LogP contribution >= 0.6 is 0 Å². The van der Waals surface area contributed by atoms with Crippen LogP contribution in [0.2, 0.25) is 0 Å². The number of benzene rings is 1. The zero-order chi connectivity index (χ0) is 15.5. The molecule has 0 bridgehead atoms. The molecule has 0 unspecified atom stereocenters. The van der Waals surface area contributed by atoms with E-state index in [4.69, 9.17) is 4.74 Å². The molecule has 1 aromatic rings. The zero-order valence-corrected chi connectivity index (χ0v) is 12.1. The highest BCUT2D eigenvalue weighted by atomic mass is 19.4. The molecule has 1 saturated carbocycles. The van der Waals surface area contributed by atoms with Gasteiger partial charge < -0.3 is 9.84 Å². The van der Waals surface area contributed by atoms with Gasteiger partial charge in [0.15, 0.2) is 0 Å². The molecule has 0 saturated heterocycles. The molecule has 1 aliphatic carbocycles. The number of hydrogen-bond donors (Lipinski definition) is 1. The predicted octanol–water partition coefficient (Wildman–Crippen LogP) is 4.42. The molecule has 0 atom stereocenters. The Kier molecular flexibility index (Phi) is 4.81. The van der Waals surface area contributed by atoms with Crippen LogP contribution in [-0.2, 0) is 5.60 Å². The molecule has 0 amide bonds. The maximum atomic E-state index is 12.7. The molecular weight excluding hydrogens is 281 g/mol. The van der Waals surface area contributed by atoms with Gasteiger partial charge in [-0.15, -0.1) is 0 Å². The van der Waals surface area contributed by atoms with Crippen LogP contribution < -0.4 is 4.74 Å². The Morgan fingerprint density at radius 1 is 1.24 bits per heavy atom. The number of aliphatic hydroxyl groups is 1. The fourth-order valence-electron chi connectivity index (χ4n) is 2.88. The molecule has 5 heteroatoms. The topological polar surface area (TPSA) is 29.5 Å². The lowest BCUT2D eigenvalue weighted by molar-refractivity contribution is -0.193. The summed E-state index contributed by atoms with van der Waals surface area (Å²) in [5.41, 5.74) is -0.606. The van der Waals surface area contributed by atoms with Crippen LogP contribution in [0, 0.1) is 5.92 Å². The third kappa shape index (κ3) is 3.70. The fourth-order valence-corrected chi connectivity index (χ4v) is 2.88. The molecule has 1 fully saturated rings. The van der Waals surface area contributed by atoms with Crippen molar-refractivity contribution in [2.75, 3.05) is 6.61 Å². The number of ether oxygens (including phenoxy) is 1. The normalized spacial score (nSPS) is 26.6. The Morgan fingerprint density at radius 2 is 1.86 bits per heavy atom. The van der Waals surface area contributed by atoms with Gasteiger partial charge in [0.25, 0.3) is 0 Å². The van der Waals surface area contributed by atoms with E-state index < -0.39 is 17.7 Å². The third-order valence-electron chi connectivity index (χ3n) is 4.13. The summed E-state index contributed by atoms with van der Waals surface area (Å²) in [5.74, 6) is -0.728. The van der Waals surface area contributed by atoms with Crippen molar-refractivity contribution in [2.45, 2.75) is 50.8 Å². The van der Waals surface area contributed by atoms with Crippen molar-refractivity contribution in [3.05, 3.63) is 29.8 Å². The Balaban J connectivity index is 2.15. The molecule has 0 spiro atoms. The number of alkyl halides is 3. The van der Waals surface area contributed by atoms with E-state index in [2.05, 4.69) is 0 Å². The molecule has 0 radical (unpaired) electrons. The van der Waals surface area contributed by atoms with Crippen LogP contribution in [0.5, 0.6) is 5.75 Å². The van der Waals surface area contributed by atoms with Crippen molar-refractivity contribution in [3.8, 4) is 5.75 Å². The summed E-state index contributed by atoms with van der Waals surface area (Å²) < 4.78 is 43.8. The van der Waals surface area contributed by atoms with E-state index in [9.17, 15) is 18.3 Å². The second-order valence-electron chi connectivity index (χ2n) is 5.69. The van der Waals surface area contributed by atoms with Crippen LogP contribution in [0.1, 0.15) is 44.6 Å². The first kappa shape index (κ1) is 16.1. The van der Waals surface area contributed by atoms with E-state index in [-0.39, 0.29) is 25.7 Å². The van der Waals surface area contributed by atoms with Crippen molar-refractivity contribution >= 4 is 0 Å². The van der Waals surface area contributed by atoms with Gasteiger partial charge >= 0.3 is 6.18 Å². The van der Waals surface area contributed by atoms with Gasteiger partial charge in [-0.1, -0.05) is 25.1 Å². The first-order valence-corrected chi connectivity index (χ1v) is 7.38. The van der Waals surface area contributed by atoms with Crippen LogP contribution in [0.15, 0.2) is 24.3 Å². The first-order valence-electron chi connectivity index (χ1n) is 7.38. The summed E-state index contributed by atoms with van der Waals surface area (Å²) in [6.07, 6.45) is -3.18. The lowest BCUT2D eigenvalue weighted by Gasteiger charge is -2.37. The maximum absolute atomic E-state index is 12.7. The molecule has 118 valence electrons. The lowest BCUT2D eigenvalue weighted by Crippen LogP contribution is -2.36. The summed E-state index contributed by atoms with van der Waals surface area (Å²) in [7, 11) is 0. The van der Waals surface area contributed by atoms with E-state index in [0.29, 0.717) is 17.9 Å². The summed E-state index contributed by atoms with van der Waals surface area (Å²) in [5, 5.41) is 10.8. The van der Waals surface area contributed by atoms with Gasteiger partial charge in [-0.25, -0.2) is 0 Å². The minimum atomic E-state index is -4.17. The standard InChI is InChI=1S/C16H21F3O2/c1-2-11-21-14-6-4-3-5-13(14)15(20)9-7-12(8-10-15)16(17,18)19/h3-6,12,20H,2,7-11H2,1H3. The molecule has 1 N–H and O–H groups in total. The number of rotatable bonds is 4. The van der Waals surface area contributed by atoms with Crippen LogP contribution in [-0.4, -0.2) is 17.9 Å². The predicted molar refractivity (Wildman–Crippen MR) is 74.1 cm³/mol. The van der Waals surface area contributed by atoms with Gasteiger partial charge in [0.2, 0.25) is 0 Å². The Labute approximate surface area is 122 Å². The van der Waals surface area contributed by atoms with Gasteiger partial charge in [-0.2, -0.15) is 13.2 Å². The van der Waals surface area contributed by atoms with Crippen molar-refractivity contribution in [1.29, 1.82) is 0 Å². The van der Waals surface area contributed by atoms with Crippen molar-refractivity contribution < 1.29 is 23.0 Å². The second kappa shape index (κ2) is 6.26. The molecule has 0 aromatic heterocycles. The van der Waals surface area contributed by atoms with Crippen LogP contribution in [0.25, 0.3) is 0 Å². The molecule has 2 rings (SSSR count). The van der Waals surface area contributed by atoms with Crippen LogP contribution in [0.3, 0.4) is 0 Å². The fraction of sp³-hybridized carbons (Fsp3) is 0.625. The molecule has 2 nitrogen and oxygen atoms in total. The van der Waals surface area contributed by atoms with Gasteiger partial charge in [-0.05, 0) is 38.2 Å². The Hall–Kier alpha value is -1.23. The van der Waals surface area contributed by atoms with Crippen LogP contribution in [0.4, 0.5) is 13.2 Å². The molecule has 0 aliphatic heterocycles. The molecule has 0 heterocycles. The highest BCUT2D eigenvalue weighted by Gasteiger charge is 2.46. The Bertz CT molecular complexity index is 463. The summed E-state index contributed by atoms with van der Waals surface area (Å²) in [4.78, 5) is 0. The SMILES string of the molecule is CCCOc1ccccc1C1(O)CCC(C(F)(F)F)CC1. The monoisotopic (exact) mass is 302 g/mol. The van der Waals surface area contributed by atoms with Crippen molar-refractivity contribution in [1.82, 2.24) is 0 Å². The minimum absolute atomic E-state index is 0.0396. The van der Waals surface area contributed by atoms with Gasteiger partial charge in [0.05, 0.1) is 18.1 Å². The van der Waals surface area contributed by atoms with E-state index in [1.54, 1.807) is 24.3 Å². The number of halogens is 3. The summed E-state index contributed by atoms with van der Waals surface area (Å²) in [6.45, 7) is 2.50. The smallest absolute Gasteiger partial charge is 0.391 e. The Morgan fingerprint density at radius 3 is 2.43 bits per heavy atom. The molecule has 1 aliphatic rings. The van der Waals surface area contributed by atoms with E-state index >= 15 is 0 Å². The number of hydrogen-bond acceptors (Lipinski definition) is 2. The molecular formula is C16H21F3O2. The van der Waals surface area contributed by atoms with Gasteiger partial charge in [0, 0.05) is 5.56 Å². The third-order valence-corrected chi connectivity index (χ3v) is 4.13. The lowest BCUT2D eigenvalue weighted by atomic mass is 9.74. The van der Waals surface area contributed by atoms with E-state index in [0.717, 1.165) is 6.42 Å². The van der Waals surface area contributed by atoms with E-state index in [1.807, 2.05) is 6.92 Å². The zero-order valence-electron chi connectivity index (χ0n) is 12.1.